The van der Waals surface area contributed by atoms with Crippen LogP contribution in [0.2, 0.25) is 0 Å². The van der Waals surface area contributed by atoms with Crippen molar-refractivity contribution < 1.29 is 28.6 Å². The van der Waals surface area contributed by atoms with Gasteiger partial charge < -0.3 is 14.2 Å². The third-order valence-electron chi connectivity index (χ3n) is 11.4. The van der Waals surface area contributed by atoms with Gasteiger partial charge in [-0.25, -0.2) is 0 Å². The van der Waals surface area contributed by atoms with Gasteiger partial charge >= 0.3 is 17.9 Å². The number of allylic oxidation sites excluding steroid dienone is 4. The second kappa shape index (κ2) is 48.6. The van der Waals surface area contributed by atoms with Gasteiger partial charge in [0.05, 0.1) is 0 Å². The maximum Gasteiger partial charge on any atom is 0.306 e. The van der Waals surface area contributed by atoms with Crippen molar-refractivity contribution in [1.29, 1.82) is 0 Å². The molecule has 0 saturated carbocycles. The highest BCUT2D eigenvalue weighted by molar-refractivity contribution is 5.71. The molecule has 346 valence electrons. The minimum absolute atomic E-state index is 0.0727. The molecule has 0 fully saturated rings. The van der Waals surface area contributed by atoms with Gasteiger partial charge in [-0.3, -0.25) is 14.4 Å². The summed E-state index contributed by atoms with van der Waals surface area (Å²) < 4.78 is 16.7. The lowest BCUT2D eigenvalue weighted by atomic mass is 10.0. The van der Waals surface area contributed by atoms with E-state index >= 15 is 0 Å². The number of carbonyl (C=O) groups is 3. The summed E-state index contributed by atoms with van der Waals surface area (Å²) in [6, 6.07) is 0. The van der Waals surface area contributed by atoms with Crippen LogP contribution in [-0.2, 0) is 28.6 Å². The van der Waals surface area contributed by atoms with Crippen LogP contribution in [0.1, 0.15) is 278 Å². The SMILES string of the molecule is CCC/C=C\C/C=C\CCCCCCCC(=O)OC(COC(=O)CCCCCCCCCC)COC(=O)CCCCCCCCCCCCCCCCCCCCCC. The first kappa shape index (κ1) is 56.9. The highest BCUT2D eigenvalue weighted by Gasteiger charge is 2.19. The van der Waals surface area contributed by atoms with E-state index in [0.29, 0.717) is 19.3 Å². The molecule has 0 aliphatic rings. The summed E-state index contributed by atoms with van der Waals surface area (Å²) in [5.41, 5.74) is 0. The van der Waals surface area contributed by atoms with Crippen LogP contribution >= 0.6 is 0 Å². The van der Waals surface area contributed by atoms with E-state index < -0.39 is 6.10 Å². The Bertz CT molecular complexity index is 958. The molecule has 59 heavy (non-hydrogen) atoms. The Balaban J connectivity index is 4.20. The quantitative estimate of drug-likeness (QED) is 0.0263. The van der Waals surface area contributed by atoms with Crippen molar-refractivity contribution in [2.24, 2.45) is 0 Å². The van der Waals surface area contributed by atoms with Crippen LogP contribution in [0.15, 0.2) is 24.3 Å². The number of carbonyl (C=O) groups excluding carboxylic acids is 3. The molecule has 0 aromatic carbocycles. The summed E-state index contributed by atoms with van der Waals surface area (Å²) in [4.78, 5) is 37.8. The normalized spacial score (nSPS) is 12.1. The molecule has 0 aliphatic heterocycles. The fourth-order valence-electron chi connectivity index (χ4n) is 7.54. The van der Waals surface area contributed by atoms with E-state index in [-0.39, 0.29) is 31.1 Å². The number of esters is 3. The summed E-state index contributed by atoms with van der Waals surface area (Å²) in [6.45, 7) is 6.56. The Morgan fingerprint density at radius 1 is 0.339 bits per heavy atom. The molecule has 0 N–H and O–H groups in total. The highest BCUT2D eigenvalue weighted by atomic mass is 16.6. The third kappa shape index (κ3) is 46.8. The summed E-state index contributed by atoms with van der Waals surface area (Å²) in [5, 5.41) is 0. The topological polar surface area (TPSA) is 78.9 Å². The molecule has 1 atom stereocenters. The molecule has 0 bridgehead atoms. The maximum atomic E-state index is 12.7. The molecule has 0 heterocycles. The Morgan fingerprint density at radius 2 is 0.644 bits per heavy atom. The molecule has 0 saturated heterocycles. The fourth-order valence-corrected chi connectivity index (χ4v) is 7.54. The third-order valence-corrected chi connectivity index (χ3v) is 11.4. The van der Waals surface area contributed by atoms with E-state index in [1.165, 1.54) is 148 Å². The van der Waals surface area contributed by atoms with Crippen LogP contribution in [0.4, 0.5) is 0 Å². The molecule has 0 rings (SSSR count). The molecule has 6 nitrogen and oxygen atoms in total. The molecular weight excluding hydrogens is 733 g/mol. The molecule has 0 aromatic rings. The predicted octanol–water partition coefficient (Wildman–Crippen LogP) is 16.8. The van der Waals surface area contributed by atoms with E-state index in [2.05, 4.69) is 45.1 Å². The Hall–Kier alpha value is -2.11. The zero-order valence-corrected chi connectivity index (χ0v) is 39.5. The second-order valence-corrected chi connectivity index (χ2v) is 17.4. The number of hydrogen-bond donors (Lipinski definition) is 0. The predicted molar refractivity (Wildman–Crippen MR) is 252 cm³/mol. The molecule has 0 spiro atoms. The summed E-state index contributed by atoms with van der Waals surface area (Å²) >= 11 is 0. The molecule has 0 aromatic heterocycles. The smallest absolute Gasteiger partial charge is 0.306 e. The van der Waals surface area contributed by atoms with Crippen molar-refractivity contribution >= 4 is 17.9 Å². The average molecular weight is 831 g/mol. The van der Waals surface area contributed by atoms with E-state index in [4.69, 9.17) is 14.2 Å². The first-order chi connectivity index (χ1) is 29.0. The fraction of sp³-hybridized carbons (Fsp3) is 0.868. The Morgan fingerprint density at radius 3 is 1.00 bits per heavy atom. The molecule has 6 heteroatoms. The maximum absolute atomic E-state index is 12.7. The zero-order chi connectivity index (χ0) is 43.0. The van der Waals surface area contributed by atoms with E-state index in [1.807, 2.05) is 0 Å². The van der Waals surface area contributed by atoms with Crippen LogP contribution < -0.4 is 0 Å². The number of ether oxygens (including phenoxy) is 3. The Kier molecular flexibility index (Phi) is 46.8. The largest absolute Gasteiger partial charge is 0.462 e. The Labute approximate surface area is 366 Å². The van der Waals surface area contributed by atoms with Gasteiger partial charge in [0.25, 0.3) is 0 Å². The van der Waals surface area contributed by atoms with Gasteiger partial charge in [-0.15, -0.1) is 0 Å². The minimum atomic E-state index is -0.771. The molecule has 1 unspecified atom stereocenters. The van der Waals surface area contributed by atoms with Crippen LogP contribution in [-0.4, -0.2) is 37.2 Å². The van der Waals surface area contributed by atoms with Crippen molar-refractivity contribution in [1.82, 2.24) is 0 Å². The van der Waals surface area contributed by atoms with Crippen molar-refractivity contribution in [2.75, 3.05) is 13.2 Å². The van der Waals surface area contributed by atoms with Gasteiger partial charge in [0, 0.05) is 19.3 Å². The van der Waals surface area contributed by atoms with Crippen LogP contribution in [0.5, 0.6) is 0 Å². The minimum Gasteiger partial charge on any atom is -0.462 e. The highest BCUT2D eigenvalue weighted by Crippen LogP contribution is 2.16. The lowest BCUT2D eigenvalue weighted by Crippen LogP contribution is -2.30. The van der Waals surface area contributed by atoms with E-state index in [9.17, 15) is 14.4 Å². The van der Waals surface area contributed by atoms with Crippen molar-refractivity contribution in [2.45, 2.75) is 284 Å². The lowest BCUT2D eigenvalue weighted by molar-refractivity contribution is -0.167. The average Bonchev–Trinajstić information content (AvgIpc) is 3.23. The lowest BCUT2D eigenvalue weighted by Gasteiger charge is -2.18. The van der Waals surface area contributed by atoms with Gasteiger partial charge in [0.15, 0.2) is 6.10 Å². The number of hydrogen-bond acceptors (Lipinski definition) is 6. The van der Waals surface area contributed by atoms with E-state index in [0.717, 1.165) is 89.9 Å². The first-order valence-electron chi connectivity index (χ1n) is 25.8. The van der Waals surface area contributed by atoms with Crippen LogP contribution in [0.25, 0.3) is 0 Å². The molecule has 0 radical (unpaired) electrons. The zero-order valence-electron chi connectivity index (χ0n) is 39.5. The van der Waals surface area contributed by atoms with Gasteiger partial charge in [0.1, 0.15) is 13.2 Å². The number of unbranched alkanes of at least 4 members (excludes halogenated alkanes) is 32. The first-order valence-corrected chi connectivity index (χ1v) is 25.8. The second-order valence-electron chi connectivity index (χ2n) is 17.4. The van der Waals surface area contributed by atoms with Gasteiger partial charge in [-0.05, 0) is 44.9 Å². The summed E-state index contributed by atoms with van der Waals surface area (Å²) in [5.74, 6) is -0.879. The number of rotatable bonds is 47. The molecule has 0 amide bonds. The van der Waals surface area contributed by atoms with Gasteiger partial charge in [-0.1, -0.05) is 238 Å². The summed E-state index contributed by atoms with van der Waals surface area (Å²) in [7, 11) is 0. The van der Waals surface area contributed by atoms with Gasteiger partial charge in [-0.2, -0.15) is 0 Å². The van der Waals surface area contributed by atoms with Crippen LogP contribution in [0, 0.1) is 0 Å². The standard InChI is InChI=1S/C53H98O6/c1-4-7-10-13-16-19-21-23-24-25-26-27-28-29-31-32-34-37-40-43-46-52(55)58-49-50(48-57-51(54)45-42-39-36-18-15-12-9-6-3)59-53(56)47-44-41-38-35-33-30-22-20-17-14-11-8-5-2/h11,14,20,22,50H,4-10,12-13,15-19,21,23-49H2,1-3H3/b14-11-,22-20-. The summed E-state index contributed by atoms with van der Waals surface area (Å²) in [6.07, 6.45) is 54.6. The monoisotopic (exact) mass is 831 g/mol. The molecule has 0 aliphatic carbocycles. The van der Waals surface area contributed by atoms with Gasteiger partial charge in [0.2, 0.25) is 0 Å². The van der Waals surface area contributed by atoms with Crippen molar-refractivity contribution in [3.8, 4) is 0 Å². The van der Waals surface area contributed by atoms with Crippen LogP contribution in [0.3, 0.4) is 0 Å². The van der Waals surface area contributed by atoms with E-state index in [1.54, 1.807) is 0 Å². The van der Waals surface area contributed by atoms with Crippen molar-refractivity contribution in [3.05, 3.63) is 24.3 Å². The molecular formula is C53H98O6. The van der Waals surface area contributed by atoms with Crippen molar-refractivity contribution in [3.63, 3.8) is 0 Å².